The zero-order valence-corrected chi connectivity index (χ0v) is 10.8. The van der Waals surface area contributed by atoms with Gasteiger partial charge in [0.15, 0.2) is 0 Å². The summed E-state index contributed by atoms with van der Waals surface area (Å²) in [7, 11) is 0. The van der Waals surface area contributed by atoms with E-state index in [0.29, 0.717) is 0 Å². The standard InChI is InChI=1S/C15H10N2OS/c18-15-11-5-2-1-4-10(11)14-16-12(7-8-17(14)15)13-6-3-9-19-13/h1-9,18H. The lowest BCUT2D eigenvalue weighted by Crippen LogP contribution is -1.88. The van der Waals surface area contributed by atoms with E-state index in [1.165, 1.54) is 0 Å². The quantitative estimate of drug-likeness (QED) is 0.567. The molecule has 0 radical (unpaired) electrons. The number of benzene rings is 1. The van der Waals surface area contributed by atoms with E-state index in [1.807, 2.05) is 48.0 Å². The van der Waals surface area contributed by atoms with Gasteiger partial charge in [0.25, 0.3) is 0 Å². The van der Waals surface area contributed by atoms with E-state index >= 15 is 0 Å². The second kappa shape index (κ2) is 3.83. The monoisotopic (exact) mass is 266 g/mol. The number of aromatic nitrogens is 2. The molecular formula is C15H10N2OS. The normalized spacial score (nSPS) is 11.4. The predicted octanol–water partition coefficient (Wildman–Crippen LogP) is 3.92. The third-order valence-electron chi connectivity index (χ3n) is 3.25. The molecule has 4 rings (SSSR count). The van der Waals surface area contributed by atoms with Crippen LogP contribution in [0.3, 0.4) is 0 Å². The van der Waals surface area contributed by atoms with Crippen molar-refractivity contribution < 1.29 is 5.11 Å². The van der Waals surface area contributed by atoms with Crippen LogP contribution in [0.2, 0.25) is 0 Å². The first-order valence-electron chi connectivity index (χ1n) is 5.97. The van der Waals surface area contributed by atoms with Crippen LogP contribution in [0.1, 0.15) is 0 Å². The van der Waals surface area contributed by atoms with Gasteiger partial charge >= 0.3 is 0 Å². The summed E-state index contributed by atoms with van der Waals surface area (Å²) in [5.74, 6) is 0.246. The van der Waals surface area contributed by atoms with Crippen molar-refractivity contribution in [3.63, 3.8) is 0 Å². The van der Waals surface area contributed by atoms with E-state index in [-0.39, 0.29) is 5.88 Å². The molecule has 3 aromatic heterocycles. The zero-order valence-electron chi connectivity index (χ0n) is 9.95. The Morgan fingerprint density at radius 1 is 1.00 bits per heavy atom. The van der Waals surface area contributed by atoms with Gasteiger partial charge in [0, 0.05) is 17.0 Å². The number of aromatic hydroxyl groups is 1. The predicted molar refractivity (Wildman–Crippen MR) is 77.7 cm³/mol. The summed E-state index contributed by atoms with van der Waals surface area (Å²) in [4.78, 5) is 5.81. The van der Waals surface area contributed by atoms with Gasteiger partial charge in [0.05, 0.1) is 10.6 Å². The van der Waals surface area contributed by atoms with Crippen LogP contribution in [-0.2, 0) is 0 Å². The number of hydrogen-bond donors (Lipinski definition) is 1. The Labute approximate surface area is 113 Å². The minimum absolute atomic E-state index is 0.246. The summed E-state index contributed by atoms with van der Waals surface area (Å²) in [5, 5.41) is 14.0. The fourth-order valence-electron chi connectivity index (χ4n) is 2.35. The molecule has 92 valence electrons. The number of hydrogen-bond acceptors (Lipinski definition) is 3. The van der Waals surface area contributed by atoms with Crippen LogP contribution in [0.5, 0.6) is 5.88 Å². The second-order valence-electron chi connectivity index (χ2n) is 4.35. The number of nitrogens with zero attached hydrogens (tertiary/aromatic N) is 2. The van der Waals surface area contributed by atoms with Crippen molar-refractivity contribution in [3.05, 3.63) is 54.0 Å². The van der Waals surface area contributed by atoms with Crippen molar-refractivity contribution in [2.24, 2.45) is 0 Å². The van der Waals surface area contributed by atoms with Crippen molar-refractivity contribution in [2.45, 2.75) is 0 Å². The molecule has 4 heteroatoms. The average Bonchev–Trinajstić information content (AvgIpc) is 3.08. The van der Waals surface area contributed by atoms with Crippen molar-refractivity contribution in [1.29, 1.82) is 0 Å². The Hall–Kier alpha value is -2.33. The largest absolute Gasteiger partial charge is 0.494 e. The Balaban J connectivity index is 2.11. The first kappa shape index (κ1) is 10.6. The van der Waals surface area contributed by atoms with Gasteiger partial charge in [-0.1, -0.05) is 24.3 Å². The first-order chi connectivity index (χ1) is 9.34. The molecule has 3 heterocycles. The molecule has 0 aliphatic heterocycles. The average molecular weight is 266 g/mol. The van der Waals surface area contributed by atoms with Crippen LogP contribution in [0, 0.1) is 0 Å². The van der Waals surface area contributed by atoms with Crippen LogP contribution in [0.15, 0.2) is 54.0 Å². The van der Waals surface area contributed by atoms with Crippen LogP contribution in [0.25, 0.3) is 27.0 Å². The SMILES string of the molecule is Oc1c2ccccc2c2nc(-c3cccs3)ccn12. The van der Waals surface area contributed by atoms with Crippen LogP contribution in [-0.4, -0.2) is 14.5 Å². The highest BCUT2D eigenvalue weighted by Crippen LogP contribution is 2.32. The minimum atomic E-state index is 0.246. The summed E-state index contributed by atoms with van der Waals surface area (Å²) in [6.45, 7) is 0. The molecule has 0 amide bonds. The minimum Gasteiger partial charge on any atom is -0.494 e. The molecule has 0 bridgehead atoms. The molecule has 0 spiro atoms. The summed E-state index contributed by atoms with van der Waals surface area (Å²) in [6.07, 6.45) is 1.87. The molecule has 1 N–H and O–H groups in total. The van der Waals surface area contributed by atoms with Crippen LogP contribution in [0.4, 0.5) is 0 Å². The van der Waals surface area contributed by atoms with Crippen molar-refractivity contribution in [1.82, 2.24) is 9.38 Å². The lowest BCUT2D eigenvalue weighted by Gasteiger charge is -1.99. The van der Waals surface area contributed by atoms with Gasteiger partial charge in [-0.3, -0.25) is 4.40 Å². The Morgan fingerprint density at radius 2 is 1.84 bits per heavy atom. The van der Waals surface area contributed by atoms with Crippen LogP contribution < -0.4 is 0 Å². The van der Waals surface area contributed by atoms with Crippen molar-refractivity contribution in [3.8, 4) is 16.5 Å². The topological polar surface area (TPSA) is 37.5 Å². The molecule has 4 aromatic rings. The van der Waals surface area contributed by atoms with E-state index in [4.69, 9.17) is 0 Å². The highest BCUT2D eigenvalue weighted by molar-refractivity contribution is 7.13. The number of rotatable bonds is 1. The number of fused-ring (bicyclic) bond motifs is 3. The smallest absolute Gasteiger partial charge is 0.205 e. The highest BCUT2D eigenvalue weighted by atomic mass is 32.1. The van der Waals surface area contributed by atoms with Crippen molar-refractivity contribution in [2.75, 3.05) is 0 Å². The summed E-state index contributed by atoms with van der Waals surface area (Å²) in [6, 6.07) is 13.8. The van der Waals surface area contributed by atoms with E-state index in [0.717, 1.165) is 27.0 Å². The van der Waals surface area contributed by atoms with Gasteiger partial charge in [-0.2, -0.15) is 0 Å². The van der Waals surface area contributed by atoms with Gasteiger partial charge in [-0.15, -0.1) is 11.3 Å². The van der Waals surface area contributed by atoms with E-state index < -0.39 is 0 Å². The molecule has 0 saturated heterocycles. The lowest BCUT2D eigenvalue weighted by molar-refractivity contribution is 0.454. The first-order valence-corrected chi connectivity index (χ1v) is 6.85. The van der Waals surface area contributed by atoms with Gasteiger partial charge in [0.1, 0.15) is 5.65 Å². The molecule has 3 nitrogen and oxygen atoms in total. The second-order valence-corrected chi connectivity index (χ2v) is 5.30. The lowest BCUT2D eigenvalue weighted by atomic mass is 10.2. The Kier molecular flexibility index (Phi) is 2.13. The van der Waals surface area contributed by atoms with Gasteiger partial charge in [0.2, 0.25) is 5.88 Å². The van der Waals surface area contributed by atoms with E-state index in [1.54, 1.807) is 15.7 Å². The molecular weight excluding hydrogens is 256 g/mol. The third-order valence-corrected chi connectivity index (χ3v) is 4.14. The molecule has 0 aliphatic rings. The third kappa shape index (κ3) is 1.47. The fraction of sp³-hybridized carbons (Fsp3) is 0. The molecule has 0 atom stereocenters. The van der Waals surface area contributed by atoms with E-state index in [9.17, 15) is 5.11 Å². The van der Waals surface area contributed by atoms with E-state index in [2.05, 4.69) is 11.1 Å². The molecule has 1 aromatic carbocycles. The summed E-state index contributed by atoms with van der Waals surface area (Å²) >= 11 is 1.66. The maximum atomic E-state index is 10.2. The van der Waals surface area contributed by atoms with Gasteiger partial charge in [-0.25, -0.2) is 4.98 Å². The Morgan fingerprint density at radius 3 is 2.63 bits per heavy atom. The molecule has 0 fully saturated rings. The highest BCUT2D eigenvalue weighted by Gasteiger charge is 2.12. The van der Waals surface area contributed by atoms with Gasteiger partial charge < -0.3 is 5.11 Å². The maximum Gasteiger partial charge on any atom is 0.205 e. The zero-order chi connectivity index (χ0) is 12.8. The molecule has 0 aliphatic carbocycles. The summed E-state index contributed by atoms with van der Waals surface area (Å²) in [5.41, 5.74) is 1.73. The molecule has 0 saturated carbocycles. The van der Waals surface area contributed by atoms with Crippen molar-refractivity contribution >= 4 is 27.8 Å². The molecule has 19 heavy (non-hydrogen) atoms. The Bertz CT molecular complexity index is 878. The fourth-order valence-corrected chi connectivity index (χ4v) is 3.04. The van der Waals surface area contributed by atoms with Crippen LogP contribution >= 0.6 is 11.3 Å². The van der Waals surface area contributed by atoms with Gasteiger partial charge in [-0.05, 0) is 23.6 Å². The maximum absolute atomic E-state index is 10.2. The number of thiophene rings is 1. The molecule has 0 unspecified atom stereocenters. The summed E-state index contributed by atoms with van der Waals surface area (Å²) < 4.78 is 1.72.